The van der Waals surface area contributed by atoms with Gasteiger partial charge in [-0.2, -0.15) is 0 Å². The summed E-state index contributed by atoms with van der Waals surface area (Å²) in [5, 5.41) is 31.3. The second-order valence-electron chi connectivity index (χ2n) is 7.73. The van der Waals surface area contributed by atoms with E-state index in [1.807, 2.05) is 18.2 Å². The molecule has 3 heterocycles. The van der Waals surface area contributed by atoms with Gasteiger partial charge in [0.05, 0.1) is 12.6 Å². The second-order valence-corrected chi connectivity index (χ2v) is 7.73. The van der Waals surface area contributed by atoms with Crippen LogP contribution >= 0.6 is 0 Å². The molecule has 0 saturated carbocycles. The zero-order valence-electron chi connectivity index (χ0n) is 18.6. The first-order valence-electron chi connectivity index (χ1n) is 10.6. The highest BCUT2D eigenvalue weighted by atomic mass is 16.5. The van der Waals surface area contributed by atoms with Crippen LogP contribution in [0, 0.1) is 0 Å². The maximum absolute atomic E-state index is 11.8. The second kappa shape index (κ2) is 9.01. The molecule has 0 bridgehead atoms. The number of carbonyl (C=O) groups excluding carboxylic acids is 1. The number of carbonyl (C=O) groups is 1. The third-order valence-electron chi connectivity index (χ3n) is 5.52. The summed E-state index contributed by atoms with van der Waals surface area (Å²) in [6.45, 7) is 0.358. The van der Waals surface area contributed by atoms with Gasteiger partial charge in [-0.15, -0.1) is 5.10 Å². The van der Waals surface area contributed by atoms with E-state index in [4.69, 9.17) is 20.4 Å². The van der Waals surface area contributed by atoms with Gasteiger partial charge in [-0.1, -0.05) is 41.6 Å². The molecule has 0 unspecified atom stereocenters. The number of amides is 1. The monoisotopic (exact) mass is 469 g/mol. The molecule has 174 valence electrons. The number of rotatable bonds is 7. The van der Waals surface area contributed by atoms with Crippen LogP contribution in [0.25, 0.3) is 27.9 Å². The highest BCUT2D eigenvalue weighted by Gasteiger charge is 2.19. The van der Waals surface area contributed by atoms with Gasteiger partial charge in [0, 0.05) is 11.9 Å². The molecule has 35 heavy (non-hydrogen) atoms. The van der Waals surface area contributed by atoms with Crippen molar-refractivity contribution in [1.29, 1.82) is 0 Å². The number of pyridine rings is 1. The number of nitrogens with one attached hydrogen (secondary N) is 1. The van der Waals surface area contributed by atoms with E-state index in [2.05, 4.69) is 15.6 Å². The summed E-state index contributed by atoms with van der Waals surface area (Å²) in [7, 11) is -0.0000977. The zero-order chi connectivity index (χ0) is 24.5. The number of hydrogen-bond acceptors (Lipinski definition) is 9. The molecule has 1 amide bonds. The number of nitrogens with two attached hydrogens (primary N) is 1. The van der Waals surface area contributed by atoms with Crippen molar-refractivity contribution in [2.24, 2.45) is 5.73 Å². The molecule has 12 heteroatoms. The van der Waals surface area contributed by atoms with Gasteiger partial charge in [-0.25, -0.2) is 14.5 Å². The Morgan fingerprint density at radius 1 is 1.11 bits per heavy atom. The lowest BCUT2D eigenvalue weighted by atomic mass is 9.80. The van der Waals surface area contributed by atoms with Crippen molar-refractivity contribution in [3.8, 4) is 17.3 Å². The summed E-state index contributed by atoms with van der Waals surface area (Å²) >= 11 is 0. The first-order chi connectivity index (χ1) is 17.0. The molecule has 0 spiro atoms. The van der Waals surface area contributed by atoms with Crippen molar-refractivity contribution in [3.63, 3.8) is 0 Å². The lowest BCUT2D eigenvalue weighted by Gasteiger charge is -2.13. The number of nitrogens with zero attached hydrogens (tertiary/aromatic N) is 5. The van der Waals surface area contributed by atoms with E-state index in [-0.39, 0.29) is 11.5 Å². The van der Waals surface area contributed by atoms with Crippen molar-refractivity contribution in [1.82, 2.24) is 24.8 Å². The highest BCUT2D eigenvalue weighted by Crippen LogP contribution is 2.31. The van der Waals surface area contributed by atoms with Crippen molar-refractivity contribution < 1.29 is 19.6 Å². The Hall–Kier alpha value is -4.55. The largest absolute Gasteiger partial charge is 0.494 e. The van der Waals surface area contributed by atoms with E-state index in [0.29, 0.717) is 40.3 Å². The summed E-state index contributed by atoms with van der Waals surface area (Å²) in [4.78, 5) is 21.2. The van der Waals surface area contributed by atoms with Gasteiger partial charge < -0.3 is 25.8 Å². The lowest BCUT2D eigenvalue weighted by Crippen LogP contribution is -2.30. The summed E-state index contributed by atoms with van der Waals surface area (Å²) < 4.78 is 6.88. The number of para-hydroxylation sites is 1. The van der Waals surface area contributed by atoms with Crippen LogP contribution in [0.4, 0.5) is 5.82 Å². The minimum absolute atomic E-state index is 0.184. The number of ether oxygens (including phenoxy) is 1. The number of methoxy groups -OCH3 is 1. The molecule has 5 rings (SSSR count). The fraction of sp³-hybridized carbons (Fsp3) is 0.0870. The zero-order valence-corrected chi connectivity index (χ0v) is 18.6. The van der Waals surface area contributed by atoms with Gasteiger partial charge in [0.25, 0.3) is 5.91 Å². The van der Waals surface area contributed by atoms with Gasteiger partial charge in [0.1, 0.15) is 22.8 Å². The minimum atomic E-state index is -1.56. The summed E-state index contributed by atoms with van der Waals surface area (Å²) in [5.74, 6) is 0.714. The predicted molar refractivity (Wildman–Crippen MR) is 130 cm³/mol. The number of aromatic nitrogens is 5. The van der Waals surface area contributed by atoms with Crippen LogP contribution in [0.15, 0.2) is 60.7 Å². The van der Waals surface area contributed by atoms with Crippen molar-refractivity contribution in [3.05, 3.63) is 71.9 Å². The third kappa shape index (κ3) is 4.11. The van der Waals surface area contributed by atoms with Gasteiger partial charge in [0.2, 0.25) is 0 Å². The van der Waals surface area contributed by atoms with E-state index >= 15 is 0 Å². The predicted octanol–water partition coefficient (Wildman–Crippen LogP) is 0.739. The van der Waals surface area contributed by atoms with Gasteiger partial charge >= 0.3 is 7.12 Å². The Bertz CT molecular complexity index is 1570. The Balaban J connectivity index is 1.63. The van der Waals surface area contributed by atoms with Crippen LogP contribution in [0.1, 0.15) is 16.1 Å². The van der Waals surface area contributed by atoms with E-state index in [0.717, 1.165) is 10.9 Å². The summed E-state index contributed by atoms with van der Waals surface area (Å²) in [6.07, 6.45) is 0. The van der Waals surface area contributed by atoms with Crippen LogP contribution < -0.4 is 21.3 Å². The molecular weight excluding hydrogens is 449 g/mol. The Morgan fingerprint density at radius 3 is 2.69 bits per heavy atom. The first kappa shape index (κ1) is 22.3. The molecule has 0 aliphatic heterocycles. The van der Waals surface area contributed by atoms with E-state index in [1.54, 1.807) is 49.6 Å². The van der Waals surface area contributed by atoms with Crippen LogP contribution in [0.3, 0.4) is 0 Å². The topological polar surface area (TPSA) is 161 Å². The Labute approximate surface area is 199 Å². The molecule has 0 radical (unpaired) electrons. The fourth-order valence-corrected chi connectivity index (χ4v) is 3.84. The van der Waals surface area contributed by atoms with E-state index in [9.17, 15) is 14.8 Å². The quantitative estimate of drug-likeness (QED) is 0.252. The highest BCUT2D eigenvalue weighted by molar-refractivity contribution is 6.58. The van der Waals surface area contributed by atoms with E-state index < -0.39 is 13.0 Å². The number of benzene rings is 2. The molecule has 0 atom stereocenters. The lowest BCUT2D eigenvalue weighted by molar-refractivity contribution is 0.0993. The summed E-state index contributed by atoms with van der Waals surface area (Å²) in [6, 6.07) is 17.4. The SMILES string of the molecule is COc1cccc2c(NCc3cccc(B(O)O)c3)nc(-c3nnn4c(C(N)=O)cccc34)nc12. The van der Waals surface area contributed by atoms with E-state index in [1.165, 1.54) is 4.52 Å². The average molecular weight is 469 g/mol. The molecule has 0 aliphatic carbocycles. The number of fused-ring (bicyclic) bond motifs is 2. The van der Waals surface area contributed by atoms with Crippen molar-refractivity contribution >= 4 is 40.7 Å². The molecule has 2 aromatic carbocycles. The number of hydrogen-bond donors (Lipinski definition) is 4. The molecule has 3 aromatic heterocycles. The van der Waals surface area contributed by atoms with Crippen LogP contribution in [0.2, 0.25) is 0 Å². The number of anilines is 1. The molecule has 0 fully saturated rings. The van der Waals surface area contributed by atoms with Crippen molar-refractivity contribution in [2.75, 3.05) is 12.4 Å². The third-order valence-corrected chi connectivity index (χ3v) is 5.52. The van der Waals surface area contributed by atoms with Crippen LogP contribution in [0.5, 0.6) is 5.75 Å². The first-order valence-corrected chi connectivity index (χ1v) is 10.6. The maximum Gasteiger partial charge on any atom is 0.488 e. The van der Waals surface area contributed by atoms with Gasteiger partial charge in [-0.05, 0) is 35.3 Å². The van der Waals surface area contributed by atoms with Crippen molar-refractivity contribution in [2.45, 2.75) is 6.54 Å². The Kier molecular flexibility index (Phi) is 5.73. The molecule has 5 N–H and O–H groups in total. The molecule has 0 saturated heterocycles. The van der Waals surface area contributed by atoms with Crippen LogP contribution in [-0.2, 0) is 6.54 Å². The standard InChI is InChI=1S/C23H20BN7O4/c1-35-18-10-3-7-15-19(18)27-23(20-16-8-4-9-17(21(25)32)31(16)30-29-20)28-22(15)26-12-13-5-2-6-14(11-13)24(33)34/h2-11,33-34H,12H2,1H3,(H2,25,32)(H,26,27,28). The number of primary amides is 1. The Morgan fingerprint density at radius 2 is 1.91 bits per heavy atom. The maximum atomic E-state index is 11.8. The normalized spacial score (nSPS) is 11.1. The van der Waals surface area contributed by atoms with Gasteiger partial charge in [-0.3, -0.25) is 4.79 Å². The molecular formula is C23H20BN7O4. The average Bonchev–Trinajstić information content (AvgIpc) is 3.31. The molecule has 11 nitrogen and oxygen atoms in total. The minimum Gasteiger partial charge on any atom is -0.494 e. The van der Waals surface area contributed by atoms with Crippen LogP contribution in [-0.4, -0.2) is 55.0 Å². The van der Waals surface area contributed by atoms with Gasteiger partial charge in [0.15, 0.2) is 11.5 Å². The molecule has 0 aliphatic rings. The smallest absolute Gasteiger partial charge is 0.488 e. The molecule has 5 aromatic rings. The fourth-order valence-electron chi connectivity index (χ4n) is 3.84. The summed E-state index contributed by atoms with van der Waals surface area (Å²) in [5.41, 5.74) is 8.32.